The minimum Gasteiger partial charge on any atom is -0.201 e. The quantitative estimate of drug-likeness (QED) is 0.0960. The van der Waals surface area contributed by atoms with Gasteiger partial charge in [-0.2, -0.15) is 0 Å². The van der Waals surface area contributed by atoms with Crippen molar-refractivity contribution in [1.82, 2.24) is 0 Å². The number of benzene rings is 5. The average molecular weight is 1380 g/mol. The predicted octanol–water partition coefficient (Wildman–Crippen LogP) is 19.1. The number of aromatic nitrogens is 5. The van der Waals surface area contributed by atoms with E-state index in [1.54, 1.807) is 36.4 Å². The molecule has 518 valence electrons. The van der Waals surface area contributed by atoms with Crippen LogP contribution in [0.3, 0.4) is 0 Å². The summed E-state index contributed by atoms with van der Waals surface area (Å²) in [6.07, 6.45) is 7.82. The molecule has 98 heavy (non-hydrogen) atoms. The lowest BCUT2D eigenvalue weighted by molar-refractivity contribution is -0.661. The van der Waals surface area contributed by atoms with Crippen molar-refractivity contribution in [1.29, 1.82) is 0 Å². The first-order chi connectivity index (χ1) is 50.5. The highest BCUT2D eigenvalue weighted by Crippen LogP contribution is 2.30. The molecule has 0 amide bonds. The Hall–Kier alpha value is -7.50. The molecule has 10 rings (SSSR count). The van der Waals surface area contributed by atoms with E-state index in [4.69, 9.17) is 17.8 Å². The molecule has 5 aromatic carbocycles. The van der Waals surface area contributed by atoms with Gasteiger partial charge in [-0.3, -0.25) is 0 Å². The largest absolute Gasteiger partial charge is 0.212 e. The van der Waals surface area contributed by atoms with Crippen LogP contribution in [0.5, 0.6) is 0 Å². The van der Waals surface area contributed by atoms with Gasteiger partial charge in [0.2, 0.25) is 28.5 Å². The van der Waals surface area contributed by atoms with Crippen LogP contribution >= 0.6 is 0 Å². The topological polar surface area (TPSA) is 19.4 Å². The molecular formula is C90H126N5Si3+5. The maximum atomic E-state index is 8.90. The molecular weight excluding hydrogens is 1240 g/mol. The predicted molar refractivity (Wildman–Crippen MR) is 433 cm³/mol. The van der Waals surface area contributed by atoms with Gasteiger partial charge in [-0.25, -0.2) is 22.8 Å². The third-order valence-electron chi connectivity index (χ3n) is 17.5. The Kier molecular flexibility index (Phi) is 20.5. The Labute approximate surface area is 617 Å². The summed E-state index contributed by atoms with van der Waals surface area (Å²) in [6, 6.07) is 47.7. The summed E-state index contributed by atoms with van der Waals surface area (Å²) in [6.45, 7) is 42.9. The fraction of sp³-hybridized carbons (Fsp3) is 0.389. The lowest BCUT2D eigenvalue weighted by Gasteiger charge is -2.25. The number of nitrogens with zero attached hydrogens (tertiary/aromatic N) is 5. The second-order valence-electron chi connectivity index (χ2n) is 32.2. The van der Waals surface area contributed by atoms with E-state index in [2.05, 4.69) is 207 Å². The Bertz CT molecular complexity index is 4920. The number of hydrogen-bond acceptors (Lipinski definition) is 0. The Morgan fingerprint density at radius 2 is 0.694 bits per heavy atom. The van der Waals surface area contributed by atoms with Crippen molar-refractivity contribution in [2.24, 2.45) is 46.1 Å². The molecule has 5 nitrogen and oxygen atoms in total. The van der Waals surface area contributed by atoms with Gasteiger partial charge < -0.3 is 0 Å². The zero-order valence-corrected chi connectivity index (χ0v) is 68.0. The normalized spacial score (nSPS) is 14.3. The molecule has 0 aliphatic carbocycles. The number of pyridine rings is 5. The zero-order chi connectivity index (χ0) is 84.4. The molecule has 0 fully saturated rings. The summed E-state index contributed by atoms with van der Waals surface area (Å²) >= 11 is 0. The van der Waals surface area contributed by atoms with E-state index in [9.17, 15) is 0 Å². The molecule has 0 bridgehead atoms. The smallest absolute Gasteiger partial charge is 0.201 e. The highest BCUT2D eigenvalue weighted by Gasteiger charge is 2.30. The van der Waals surface area contributed by atoms with Gasteiger partial charge in [-0.15, -0.1) is 0 Å². The third kappa shape index (κ3) is 22.0. The van der Waals surface area contributed by atoms with Crippen LogP contribution < -0.4 is 38.4 Å². The van der Waals surface area contributed by atoms with Crippen molar-refractivity contribution in [2.75, 3.05) is 0 Å². The maximum absolute atomic E-state index is 8.90. The van der Waals surface area contributed by atoms with Crippen LogP contribution in [0.2, 0.25) is 58.9 Å². The van der Waals surface area contributed by atoms with Crippen molar-refractivity contribution in [3.05, 3.63) is 249 Å². The minimum atomic E-state index is -2.05. The second-order valence-corrected chi connectivity index (χ2v) is 47.3. The first kappa shape index (κ1) is 61.6. The molecule has 8 heteroatoms. The van der Waals surface area contributed by atoms with Gasteiger partial charge in [-0.1, -0.05) is 196 Å². The Morgan fingerprint density at radius 1 is 0.316 bits per heavy atom. The van der Waals surface area contributed by atoms with Gasteiger partial charge in [0, 0.05) is 103 Å². The van der Waals surface area contributed by atoms with Gasteiger partial charge in [0.15, 0.2) is 31.0 Å². The van der Waals surface area contributed by atoms with Gasteiger partial charge in [0.05, 0.1) is 24.2 Å². The number of rotatable bonds is 10. The Balaban J connectivity index is 0.000000217. The molecule has 0 saturated heterocycles. The molecule has 5 aromatic heterocycles. The van der Waals surface area contributed by atoms with Gasteiger partial charge in [-0.05, 0) is 180 Å². The maximum Gasteiger partial charge on any atom is 0.212 e. The summed E-state index contributed by atoms with van der Waals surface area (Å²) < 4.78 is 113. The average Bonchev–Trinajstić information content (AvgIpc) is 0.755. The van der Waals surface area contributed by atoms with Crippen LogP contribution in [0.4, 0.5) is 0 Å². The lowest BCUT2D eigenvalue weighted by atomic mass is 9.87. The van der Waals surface area contributed by atoms with Crippen molar-refractivity contribution in [3.8, 4) is 56.3 Å². The van der Waals surface area contributed by atoms with Crippen LogP contribution in [0.1, 0.15) is 132 Å². The first-order valence-corrected chi connectivity index (χ1v) is 45.0. The third-order valence-corrected chi connectivity index (χ3v) is 23.7. The molecule has 0 N–H and O–H groups in total. The number of aryl methyl sites for hydroxylation is 16. The van der Waals surface area contributed by atoms with Gasteiger partial charge in [0.1, 0.15) is 35.2 Å². The summed E-state index contributed by atoms with van der Waals surface area (Å²) in [5.41, 5.74) is 21.9. The van der Waals surface area contributed by atoms with Crippen LogP contribution in [0.25, 0.3) is 56.3 Å². The summed E-state index contributed by atoms with van der Waals surface area (Å²) in [4.78, 5) is 0. The fourth-order valence-corrected chi connectivity index (χ4v) is 16.7. The minimum absolute atomic E-state index is 0.393. The number of hydrogen-bond donors (Lipinski definition) is 0. The van der Waals surface area contributed by atoms with Crippen LogP contribution in [0.15, 0.2) is 177 Å². The molecule has 5 heterocycles. The molecule has 0 unspecified atom stereocenters. The molecule has 0 aliphatic rings. The van der Waals surface area contributed by atoms with Crippen molar-refractivity contribution < 1.29 is 40.7 Å². The summed E-state index contributed by atoms with van der Waals surface area (Å²) in [5, 5.41) is 4.07. The van der Waals surface area contributed by atoms with E-state index in [1.165, 1.54) is 43.4 Å². The second kappa shape index (κ2) is 32.7. The molecule has 0 aliphatic heterocycles. The van der Waals surface area contributed by atoms with Crippen molar-refractivity contribution >= 4 is 39.8 Å². The molecule has 0 spiro atoms. The van der Waals surface area contributed by atoms with Gasteiger partial charge >= 0.3 is 0 Å². The fourth-order valence-electron chi connectivity index (χ4n) is 12.2. The highest BCUT2D eigenvalue weighted by atomic mass is 28.3. The van der Waals surface area contributed by atoms with Gasteiger partial charge in [0.25, 0.3) is 0 Å². The first-order valence-electron chi connectivity index (χ1n) is 41.0. The molecule has 0 radical (unpaired) electrons. The monoisotopic (exact) mass is 1370 g/mol. The van der Waals surface area contributed by atoms with Crippen LogP contribution in [0, 0.1) is 86.8 Å². The van der Waals surface area contributed by atoms with Crippen LogP contribution in [-0.2, 0) is 48.0 Å². The van der Waals surface area contributed by atoms with Crippen molar-refractivity contribution in [3.63, 3.8) is 0 Å². The summed E-state index contributed by atoms with van der Waals surface area (Å²) in [7, 11) is 5.77. The van der Waals surface area contributed by atoms with Crippen molar-refractivity contribution in [2.45, 2.75) is 189 Å². The Morgan fingerprint density at radius 3 is 1.10 bits per heavy atom. The van der Waals surface area contributed by atoms with E-state index < -0.39 is 68.4 Å². The molecule has 0 saturated carbocycles. The SMILES string of the molecule is [2H]C([2H])([2H])c1ccc(-c2cc(C)c([Si](C)(C)C)c[n+]2C)c(C)c1.[2H]C([2H])([2H])c1ccc(-c2cc(C)cc[n+]2C)c(C)c1.[2H]C([2H])([2H])c1ccc(-c2ccc([Si](C)(C)C)c[n+]2C)c(C)c1.[2H]C([2H])(c1c[n+](C)c(-c2ccccc2C)cc1C)C(C)(C)C.[2H]C([2H])(c1cc(-c2ccccc2C)[n+](C)cc1[Si](C)(C)C)C(C)(C)C. The van der Waals surface area contributed by atoms with E-state index in [0.717, 1.165) is 84.1 Å². The standard InChI is InChI=1S/C21H32NSi.C19H26N.C18H26NSi.C17H24NSi.C15H18N/c1-16-11-9-10-12-18(16)19-13-17(14-21(2,3)4)20(15-22(19)5)23(6,7)8;1-14-9-7-8-10-17(14)18-11-15(2)16(13-20(18)6)12-19(3,4)5;1-13-8-9-16(14(2)10-13)17-11-15(3)18(12-19(17)4)20(5,6)7;1-13-7-9-16(14(2)11-13)17-10-8-15(12-18(17)3)19(4,5)6;1-11-5-6-14(13(3)9-11)15-10-12(2)7-8-16(15)4/h9-13,15H,14H2,1-8H3;7-11,13H,12H2,1-6H3;8-12H,1-7H3;7-12H,1-6H3;5-10H,1-4H3/q5*+1/i14D2;12D2;3*1D3. The van der Waals surface area contributed by atoms with E-state index in [0.29, 0.717) is 16.7 Å². The summed E-state index contributed by atoms with van der Waals surface area (Å²) in [5.74, 6) is 0. The molecule has 10 aromatic rings. The van der Waals surface area contributed by atoms with E-state index in [1.807, 2.05) is 147 Å². The van der Waals surface area contributed by atoms with E-state index >= 15 is 0 Å². The highest BCUT2D eigenvalue weighted by molar-refractivity contribution is 6.89. The lowest BCUT2D eigenvalue weighted by Crippen LogP contribution is -2.47. The van der Waals surface area contributed by atoms with Crippen LogP contribution in [-0.4, -0.2) is 24.2 Å². The molecule has 0 atom stereocenters. The van der Waals surface area contributed by atoms with E-state index in [-0.39, 0.29) is 0 Å². The zero-order valence-electron chi connectivity index (χ0n) is 78.0.